The maximum Gasteiger partial charge on any atom is 0.417 e. The van der Waals surface area contributed by atoms with Gasteiger partial charge in [-0.2, -0.15) is 13.2 Å². The Hall–Kier alpha value is -3.56. The molecule has 10 heteroatoms. The molecule has 1 amide bonds. The van der Waals surface area contributed by atoms with Crippen molar-refractivity contribution in [3.05, 3.63) is 65.9 Å². The lowest BCUT2D eigenvalue weighted by atomic mass is 9.90. The number of aryl methyl sites for hydroxylation is 1. The highest BCUT2D eigenvalue weighted by Gasteiger charge is 2.34. The number of hydrogen-bond acceptors (Lipinski definition) is 6. The predicted octanol–water partition coefficient (Wildman–Crippen LogP) is 4.61. The molecule has 4 rings (SSSR count). The van der Waals surface area contributed by atoms with Crippen LogP contribution in [-0.4, -0.2) is 49.9 Å². The van der Waals surface area contributed by atoms with Crippen LogP contribution < -0.4 is 5.32 Å². The highest BCUT2D eigenvalue weighted by atomic mass is 19.4. The Bertz CT molecular complexity index is 1140. The van der Waals surface area contributed by atoms with Gasteiger partial charge < -0.3 is 10.2 Å². The van der Waals surface area contributed by atoms with E-state index in [0.717, 1.165) is 25.1 Å². The first kappa shape index (κ1) is 23.6. The number of carbonyl (C=O) groups excluding carboxylic acids is 1. The van der Waals surface area contributed by atoms with Gasteiger partial charge in [-0.05, 0) is 56.0 Å². The van der Waals surface area contributed by atoms with Gasteiger partial charge in [0, 0.05) is 37.4 Å². The van der Waals surface area contributed by atoms with Crippen molar-refractivity contribution in [2.75, 3.05) is 18.4 Å². The molecule has 2 unspecified atom stereocenters. The van der Waals surface area contributed by atoms with Crippen LogP contribution in [0.15, 0.2) is 48.9 Å². The molecule has 0 bridgehead atoms. The molecule has 3 aromatic heterocycles. The van der Waals surface area contributed by atoms with Crippen molar-refractivity contribution >= 4 is 11.7 Å². The molecule has 0 aromatic carbocycles. The van der Waals surface area contributed by atoms with Crippen LogP contribution in [0.1, 0.15) is 41.5 Å². The monoisotopic (exact) mass is 470 g/mol. The number of hydrogen-bond donors (Lipinski definition) is 1. The highest BCUT2D eigenvalue weighted by molar-refractivity contribution is 5.98. The van der Waals surface area contributed by atoms with Crippen LogP contribution in [0.4, 0.5) is 19.0 Å². The molecule has 0 aliphatic carbocycles. The number of pyridine rings is 2. The summed E-state index contributed by atoms with van der Waals surface area (Å²) in [6.45, 7) is 4.80. The highest BCUT2D eigenvalue weighted by Crippen LogP contribution is 2.30. The maximum atomic E-state index is 13.7. The van der Waals surface area contributed by atoms with Crippen LogP contribution in [0.2, 0.25) is 0 Å². The third kappa shape index (κ3) is 5.16. The largest absolute Gasteiger partial charge is 0.417 e. The number of likely N-dealkylation sites (tertiary alicyclic amines) is 1. The van der Waals surface area contributed by atoms with Gasteiger partial charge in [0.15, 0.2) is 5.82 Å². The van der Waals surface area contributed by atoms with E-state index in [2.05, 4.69) is 32.2 Å². The van der Waals surface area contributed by atoms with E-state index in [-0.39, 0.29) is 23.6 Å². The third-order valence-corrected chi connectivity index (χ3v) is 6.00. The Labute approximate surface area is 195 Å². The van der Waals surface area contributed by atoms with Crippen LogP contribution in [0, 0.1) is 12.8 Å². The van der Waals surface area contributed by atoms with E-state index in [0.29, 0.717) is 36.0 Å². The quantitative estimate of drug-likeness (QED) is 0.586. The van der Waals surface area contributed by atoms with Gasteiger partial charge in [-0.25, -0.2) is 19.9 Å². The molecule has 1 N–H and O–H groups in total. The number of halogens is 3. The zero-order chi connectivity index (χ0) is 24.3. The number of carbonyl (C=O) groups is 1. The molecule has 7 nitrogen and oxygen atoms in total. The predicted molar refractivity (Wildman–Crippen MR) is 121 cm³/mol. The maximum absolute atomic E-state index is 13.7. The summed E-state index contributed by atoms with van der Waals surface area (Å²) in [4.78, 5) is 32.5. The Balaban J connectivity index is 1.57. The molecule has 34 heavy (non-hydrogen) atoms. The molecule has 2 atom stereocenters. The molecule has 3 aromatic rings. The average molecular weight is 470 g/mol. The van der Waals surface area contributed by atoms with Gasteiger partial charge in [0.25, 0.3) is 5.91 Å². The second-order valence-electron chi connectivity index (χ2n) is 8.42. The summed E-state index contributed by atoms with van der Waals surface area (Å²) in [5, 5.41) is 3.10. The number of aromatic nitrogens is 4. The van der Waals surface area contributed by atoms with Gasteiger partial charge >= 0.3 is 6.18 Å². The first-order chi connectivity index (χ1) is 16.2. The number of nitrogens with zero attached hydrogens (tertiary/aromatic N) is 5. The normalized spacial score (nSPS) is 18.6. The number of rotatable bonds is 5. The fourth-order valence-electron chi connectivity index (χ4n) is 4.16. The number of nitrogens with one attached hydrogen (secondary N) is 1. The fourth-order valence-corrected chi connectivity index (χ4v) is 4.16. The Morgan fingerprint density at radius 2 is 1.91 bits per heavy atom. The fraction of sp³-hybridized carbons (Fsp3) is 0.375. The SMILES string of the molecule is Cc1ccc(-c2ncccn2)c(C(=O)N2CCCC(C)C2CNc2ccc(C(F)(F)F)cn2)n1. The molecule has 1 fully saturated rings. The molecule has 1 aliphatic heterocycles. The van der Waals surface area contributed by atoms with Crippen molar-refractivity contribution in [1.29, 1.82) is 0 Å². The second kappa shape index (κ2) is 9.74. The summed E-state index contributed by atoms with van der Waals surface area (Å²) < 4.78 is 38.4. The van der Waals surface area contributed by atoms with Crippen LogP contribution in [0.5, 0.6) is 0 Å². The van der Waals surface area contributed by atoms with Crippen molar-refractivity contribution < 1.29 is 18.0 Å². The lowest BCUT2D eigenvalue weighted by Gasteiger charge is -2.40. The molecular weight excluding hydrogens is 445 g/mol. The second-order valence-corrected chi connectivity index (χ2v) is 8.42. The van der Waals surface area contributed by atoms with Crippen molar-refractivity contribution in [3.63, 3.8) is 0 Å². The lowest BCUT2D eigenvalue weighted by Crippen LogP contribution is -2.51. The number of alkyl halides is 3. The summed E-state index contributed by atoms with van der Waals surface area (Å²) in [6, 6.07) is 7.43. The van der Waals surface area contributed by atoms with Crippen LogP contribution in [0.25, 0.3) is 11.4 Å². The zero-order valence-corrected chi connectivity index (χ0v) is 18.9. The first-order valence-corrected chi connectivity index (χ1v) is 11.1. The summed E-state index contributed by atoms with van der Waals surface area (Å²) in [7, 11) is 0. The first-order valence-electron chi connectivity index (χ1n) is 11.1. The van der Waals surface area contributed by atoms with E-state index in [1.54, 1.807) is 29.4 Å². The third-order valence-electron chi connectivity index (χ3n) is 6.00. The molecule has 1 saturated heterocycles. The molecule has 0 saturated carbocycles. The molecule has 0 radical (unpaired) electrons. The molecule has 0 spiro atoms. The number of anilines is 1. The van der Waals surface area contributed by atoms with Crippen molar-refractivity contribution in [2.24, 2.45) is 5.92 Å². The van der Waals surface area contributed by atoms with E-state index in [9.17, 15) is 18.0 Å². The topological polar surface area (TPSA) is 83.9 Å². The average Bonchev–Trinajstić information content (AvgIpc) is 2.83. The van der Waals surface area contributed by atoms with E-state index in [4.69, 9.17) is 0 Å². The van der Waals surface area contributed by atoms with Gasteiger partial charge in [0.05, 0.1) is 17.2 Å². The van der Waals surface area contributed by atoms with Crippen molar-refractivity contribution in [3.8, 4) is 11.4 Å². The van der Waals surface area contributed by atoms with Crippen LogP contribution >= 0.6 is 0 Å². The van der Waals surface area contributed by atoms with E-state index in [1.165, 1.54) is 6.07 Å². The van der Waals surface area contributed by atoms with Gasteiger partial charge in [0.1, 0.15) is 11.5 Å². The Morgan fingerprint density at radius 3 is 2.59 bits per heavy atom. The van der Waals surface area contributed by atoms with Crippen molar-refractivity contribution in [2.45, 2.75) is 38.9 Å². The summed E-state index contributed by atoms with van der Waals surface area (Å²) in [5.41, 5.74) is 0.752. The Morgan fingerprint density at radius 1 is 1.15 bits per heavy atom. The van der Waals surface area contributed by atoms with Crippen LogP contribution in [-0.2, 0) is 6.18 Å². The van der Waals surface area contributed by atoms with Gasteiger partial charge in [-0.1, -0.05) is 6.92 Å². The summed E-state index contributed by atoms with van der Waals surface area (Å²) >= 11 is 0. The van der Waals surface area contributed by atoms with Crippen molar-refractivity contribution in [1.82, 2.24) is 24.8 Å². The van der Waals surface area contributed by atoms with Gasteiger partial charge in [-0.3, -0.25) is 4.79 Å². The number of piperidine rings is 1. The minimum atomic E-state index is -4.44. The van der Waals surface area contributed by atoms with E-state index < -0.39 is 11.7 Å². The number of amides is 1. The molecule has 4 heterocycles. The molecule has 178 valence electrons. The molecular formula is C24H25F3N6O. The van der Waals surface area contributed by atoms with E-state index in [1.807, 2.05) is 13.0 Å². The Kier molecular flexibility index (Phi) is 6.76. The van der Waals surface area contributed by atoms with Gasteiger partial charge in [0.2, 0.25) is 0 Å². The standard InChI is InChI=1S/C24H25F3N6O/c1-15-5-3-12-33(19(15)14-31-20-9-7-17(13-30-20)24(25,26)27)23(34)21-18(8-6-16(2)32-21)22-28-10-4-11-29-22/h4,6-11,13,15,19H,3,5,12,14H2,1-2H3,(H,30,31). The van der Waals surface area contributed by atoms with E-state index >= 15 is 0 Å². The zero-order valence-electron chi connectivity index (χ0n) is 18.9. The summed E-state index contributed by atoms with van der Waals surface area (Å²) in [6.07, 6.45) is 1.38. The van der Waals surface area contributed by atoms with Gasteiger partial charge in [-0.15, -0.1) is 0 Å². The lowest BCUT2D eigenvalue weighted by molar-refractivity contribution is -0.137. The van der Waals surface area contributed by atoms with Crippen LogP contribution in [0.3, 0.4) is 0 Å². The summed E-state index contributed by atoms with van der Waals surface area (Å²) in [5.74, 6) is 0.711. The smallest absolute Gasteiger partial charge is 0.368 e. The minimum absolute atomic E-state index is 0.181. The molecule has 1 aliphatic rings. The minimum Gasteiger partial charge on any atom is -0.368 e.